The summed E-state index contributed by atoms with van der Waals surface area (Å²) in [5, 5.41) is 22.8. The first kappa shape index (κ1) is 14.2. The molecule has 20 heavy (non-hydrogen) atoms. The molecular weight excluding hydrogens is 260 g/mol. The number of nitro groups is 1. The Kier molecular flexibility index (Phi) is 4.50. The fraction of sp³-hybridized carbons (Fsp3) is 0.462. The van der Waals surface area contributed by atoms with E-state index in [1.54, 1.807) is 19.2 Å². The molecule has 0 aromatic heterocycles. The van der Waals surface area contributed by atoms with E-state index < -0.39 is 11.0 Å². The van der Waals surface area contributed by atoms with Crippen LogP contribution in [-0.2, 0) is 11.3 Å². The highest BCUT2D eigenvalue weighted by Gasteiger charge is 2.21. The molecule has 1 aliphatic rings. The van der Waals surface area contributed by atoms with Gasteiger partial charge < -0.3 is 10.1 Å². The summed E-state index contributed by atoms with van der Waals surface area (Å²) in [4.78, 5) is 12.5. The Bertz CT molecular complexity index is 541. The van der Waals surface area contributed by atoms with Gasteiger partial charge in [0.1, 0.15) is 0 Å². The van der Waals surface area contributed by atoms with Crippen LogP contribution in [0, 0.1) is 21.4 Å². The Morgan fingerprint density at radius 3 is 3.10 bits per heavy atom. The van der Waals surface area contributed by atoms with E-state index in [2.05, 4.69) is 16.3 Å². The number of benzene rings is 1. The fourth-order valence-electron chi connectivity index (χ4n) is 2.23. The van der Waals surface area contributed by atoms with Gasteiger partial charge in [0.2, 0.25) is 0 Å². The molecule has 7 heteroatoms. The number of rotatable bonds is 4. The standard InChI is InChI=1S/C13H16N4O3/c1-15-13-3-2-11(17(18)19)6-10(13)8-16-4-5-20-12(7-14)9-16/h2-3,6,12,15H,4-5,8-9H2,1H3. The zero-order valence-corrected chi connectivity index (χ0v) is 11.2. The summed E-state index contributed by atoms with van der Waals surface area (Å²) in [6.07, 6.45) is -0.430. The molecule has 1 aromatic carbocycles. The van der Waals surface area contributed by atoms with Gasteiger partial charge in [-0.15, -0.1) is 0 Å². The highest BCUT2D eigenvalue weighted by Crippen LogP contribution is 2.24. The second kappa shape index (κ2) is 6.32. The summed E-state index contributed by atoms with van der Waals surface area (Å²) in [7, 11) is 1.78. The predicted molar refractivity (Wildman–Crippen MR) is 73.3 cm³/mol. The number of morpholine rings is 1. The van der Waals surface area contributed by atoms with Crippen molar-refractivity contribution >= 4 is 11.4 Å². The molecule has 0 saturated carbocycles. The van der Waals surface area contributed by atoms with Crippen LogP contribution < -0.4 is 5.32 Å². The van der Waals surface area contributed by atoms with Crippen LogP contribution in [0.3, 0.4) is 0 Å². The van der Waals surface area contributed by atoms with E-state index in [-0.39, 0.29) is 5.69 Å². The second-order valence-electron chi connectivity index (χ2n) is 4.57. The lowest BCUT2D eigenvalue weighted by Gasteiger charge is -2.30. The molecule has 1 fully saturated rings. The van der Waals surface area contributed by atoms with E-state index in [4.69, 9.17) is 10.00 Å². The van der Waals surface area contributed by atoms with E-state index in [0.717, 1.165) is 11.3 Å². The molecule has 0 spiro atoms. The van der Waals surface area contributed by atoms with E-state index in [1.165, 1.54) is 6.07 Å². The van der Waals surface area contributed by atoms with Crippen LogP contribution in [0.5, 0.6) is 0 Å². The molecule has 0 bridgehead atoms. The highest BCUT2D eigenvalue weighted by atomic mass is 16.6. The van der Waals surface area contributed by atoms with Crippen molar-refractivity contribution in [2.45, 2.75) is 12.6 Å². The van der Waals surface area contributed by atoms with Crippen LogP contribution in [0.1, 0.15) is 5.56 Å². The Labute approximate surface area is 116 Å². The van der Waals surface area contributed by atoms with E-state index in [1.807, 2.05) is 0 Å². The van der Waals surface area contributed by atoms with Gasteiger partial charge in [-0.2, -0.15) is 5.26 Å². The normalized spacial score (nSPS) is 19.3. The number of nitriles is 1. The minimum absolute atomic E-state index is 0.0732. The molecule has 1 heterocycles. The Morgan fingerprint density at radius 2 is 2.45 bits per heavy atom. The molecule has 7 nitrogen and oxygen atoms in total. The summed E-state index contributed by atoms with van der Waals surface area (Å²) < 4.78 is 5.29. The lowest BCUT2D eigenvalue weighted by Crippen LogP contribution is -2.41. The number of hydrogen-bond donors (Lipinski definition) is 1. The smallest absolute Gasteiger partial charge is 0.269 e. The Morgan fingerprint density at radius 1 is 1.65 bits per heavy atom. The molecule has 1 saturated heterocycles. The van der Waals surface area contributed by atoms with Crippen molar-refractivity contribution in [1.29, 1.82) is 5.26 Å². The average Bonchev–Trinajstić information content (AvgIpc) is 2.47. The Hall–Kier alpha value is -2.17. The number of nitrogens with one attached hydrogen (secondary N) is 1. The molecule has 1 aliphatic heterocycles. The average molecular weight is 276 g/mol. The first-order valence-corrected chi connectivity index (χ1v) is 6.32. The molecule has 0 aliphatic carbocycles. The van der Waals surface area contributed by atoms with Gasteiger partial charge in [-0.05, 0) is 11.6 Å². The van der Waals surface area contributed by atoms with Gasteiger partial charge in [0, 0.05) is 44.5 Å². The van der Waals surface area contributed by atoms with Crippen molar-refractivity contribution in [3.8, 4) is 6.07 Å². The van der Waals surface area contributed by atoms with Crippen molar-refractivity contribution in [2.24, 2.45) is 0 Å². The number of nitro benzene ring substituents is 1. The number of nitrogens with zero attached hydrogens (tertiary/aromatic N) is 3. The monoisotopic (exact) mass is 276 g/mol. The van der Waals surface area contributed by atoms with Crippen LogP contribution >= 0.6 is 0 Å². The largest absolute Gasteiger partial charge is 0.388 e. The highest BCUT2D eigenvalue weighted by molar-refractivity contribution is 5.55. The van der Waals surface area contributed by atoms with Crippen molar-refractivity contribution in [2.75, 3.05) is 32.1 Å². The van der Waals surface area contributed by atoms with Gasteiger partial charge in [-0.3, -0.25) is 15.0 Å². The predicted octanol–water partition coefficient (Wildman–Crippen LogP) is 1.36. The number of non-ortho nitro benzene ring substituents is 1. The van der Waals surface area contributed by atoms with Crippen molar-refractivity contribution in [3.63, 3.8) is 0 Å². The molecule has 1 aromatic rings. The van der Waals surface area contributed by atoms with Gasteiger partial charge in [-0.25, -0.2) is 0 Å². The summed E-state index contributed by atoms with van der Waals surface area (Å²) in [5.74, 6) is 0. The van der Waals surface area contributed by atoms with Gasteiger partial charge in [-0.1, -0.05) is 0 Å². The lowest BCUT2D eigenvalue weighted by atomic mass is 10.1. The summed E-state index contributed by atoms with van der Waals surface area (Å²) >= 11 is 0. The number of hydrogen-bond acceptors (Lipinski definition) is 6. The molecular formula is C13H16N4O3. The first-order chi connectivity index (χ1) is 9.63. The third kappa shape index (κ3) is 3.23. The Balaban J connectivity index is 2.17. The summed E-state index contributed by atoms with van der Waals surface area (Å²) in [6, 6.07) is 6.85. The second-order valence-corrected chi connectivity index (χ2v) is 4.57. The maximum absolute atomic E-state index is 10.9. The molecule has 1 N–H and O–H groups in total. The maximum atomic E-state index is 10.9. The van der Waals surface area contributed by atoms with Gasteiger partial charge in [0.05, 0.1) is 17.6 Å². The quantitative estimate of drug-likeness (QED) is 0.659. The topological polar surface area (TPSA) is 91.4 Å². The minimum atomic E-state index is -0.430. The third-order valence-electron chi connectivity index (χ3n) is 3.26. The van der Waals surface area contributed by atoms with Crippen molar-refractivity contribution in [3.05, 3.63) is 33.9 Å². The minimum Gasteiger partial charge on any atom is -0.388 e. The number of anilines is 1. The first-order valence-electron chi connectivity index (χ1n) is 6.32. The van der Waals surface area contributed by atoms with Crippen LogP contribution in [0.4, 0.5) is 11.4 Å². The SMILES string of the molecule is CNc1ccc([N+](=O)[O-])cc1CN1CCOC(C#N)C1. The zero-order chi connectivity index (χ0) is 14.5. The summed E-state index contributed by atoms with van der Waals surface area (Å²) in [5.41, 5.74) is 1.78. The molecule has 0 radical (unpaired) electrons. The van der Waals surface area contributed by atoms with Crippen LogP contribution in [-0.4, -0.2) is 42.7 Å². The molecule has 1 atom stereocenters. The molecule has 0 amide bonds. The van der Waals surface area contributed by atoms with Crippen LogP contribution in [0.2, 0.25) is 0 Å². The van der Waals surface area contributed by atoms with E-state index >= 15 is 0 Å². The van der Waals surface area contributed by atoms with Gasteiger partial charge >= 0.3 is 0 Å². The summed E-state index contributed by atoms with van der Waals surface area (Å²) in [6.45, 7) is 2.29. The van der Waals surface area contributed by atoms with E-state index in [0.29, 0.717) is 26.2 Å². The molecule has 106 valence electrons. The molecule has 1 unspecified atom stereocenters. The maximum Gasteiger partial charge on any atom is 0.269 e. The van der Waals surface area contributed by atoms with Gasteiger partial charge in [0.25, 0.3) is 5.69 Å². The van der Waals surface area contributed by atoms with Crippen LogP contribution in [0.25, 0.3) is 0 Å². The molecule has 2 rings (SSSR count). The lowest BCUT2D eigenvalue weighted by molar-refractivity contribution is -0.384. The van der Waals surface area contributed by atoms with Crippen molar-refractivity contribution in [1.82, 2.24) is 4.90 Å². The van der Waals surface area contributed by atoms with Crippen LogP contribution in [0.15, 0.2) is 18.2 Å². The fourth-order valence-corrected chi connectivity index (χ4v) is 2.23. The van der Waals surface area contributed by atoms with Gasteiger partial charge in [0.15, 0.2) is 6.10 Å². The van der Waals surface area contributed by atoms with E-state index in [9.17, 15) is 10.1 Å². The third-order valence-corrected chi connectivity index (χ3v) is 3.26. The van der Waals surface area contributed by atoms with Crippen molar-refractivity contribution < 1.29 is 9.66 Å². The zero-order valence-electron chi connectivity index (χ0n) is 11.2. The number of ether oxygens (including phenoxy) is 1.